The second-order valence-corrected chi connectivity index (χ2v) is 0.354. The summed E-state index contributed by atoms with van der Waals surface area (Å²) in [6.07, 6.45) is 0.889. The standard InChI is InChI=1S/C2H2N3.BrH.Zn/c1-2-4-5-3;;/h1-2H;1H;/q-1;;+2/p-1. The molecule has 0 unspecified atom stereocenters. The van der Waals surface area contributed by atoms with Crippen molar-refractivity contribution in [1.82, 2.24) is 0 Å². The Bertz CT molecular complexity index is 77.0. The minimum absolute atomic E-state index is 0.889. The third kappa shape index (κ3) is 22.9. The fourth-order valence-electron chi connectivity index (χ4n) is 0.0298. The third-order valence-corrected chi connectivity index (χ3v) is 0.118. The van der Waals surface area contributed by atoms with Crippen LogP contribution in [0.15, 0.2) is 11.3 Å². The molecule has 0 fully saturated rings. The van der Waals surface area contributed by atoms with Crippen molar-refractivity contribution in [1.29, 1.82) is 0 Å². The molecule has 0 N–H and O–H groups in total. The molecule has 5 heteroatoms. The average molecular weight is 213 g/mol. The second kappa shape index (κ2) is 16.4. The molecule has 0 saturated carbocycles. The van der Waals surface area contributed by atoms with Crippen LogP contribution < -0.4 is 0 Å². The van der Waals surface area contributed by atoms with Crippen LogP contribution in [0.3, 0.4) is 0 Å². The van der Waals surface area contributed by atoms with Gasteiger partial charge in [-0.3, -0.25) is 0 Å². The molecule has 0 aromatic carbocycles. The van der Waals surface area contributed by atoms with E-state index in [0.717, 1.165) is 6.20 Å². The topological polar surface area (TPSA) is 48.8 Å². The van der Waals surface area contributed by atoms with Crippen molar-refractivity contribution in [3.05, 3.63) is 23.2 Å². The Kier molecular flexibility index (Phi) is 23.9. The molecule has 0 atom stereocenters. The van der Waals surface area contributed by atoms with Gasteiger partial charge < -0.3 is 6.58 Å². The van der Waals surface area contributed by atoms with Gasteiger partial charge in [0.2, 0.25) is 0 Å². The van der Waals surface area contributed by atoms with E-state index in [0.29, 0.717) is 0 Å². The summed E-state index contributed by atoms with van der Waals surface area (Å²) in [5.41, 5.74) is 7.41. The van der Waals surface area contributed by atoms with Crippen LogP contribution in [0.5, 0.6) is 0 Å². The molecule has 0 spiro atoms. The number of halogens is 1. The molecule has 7 heavy (non-hydrogen) atoms. The monoisotopic (exact) mass is 211 g/mol. The van der Waals surface area contributed by atoms with Crippen molar-refractivity contribution in [3.63, 3.8) is 0 Å². The Balaban J connectivity index is 0. The summed E-state index contributed by atoms with van der Waals surface area (Å²) in [7, 11) is 0. The first-order chi connectivity index (χ1) is 3.41. The summed E-state index contributed by atoms with van der Waals surface area (Å²) in [5.74, 6) is 0. The maximum absolute atomic E-state index is 7.41. The predicted octanol–water partition coefficient (Wildman–Crippen LogP) is 2.09. The van der Waals surface area contributed by atoms with Crippen molar-refractivity contribution < 1.29 is 16.3 Å². The van der Waals surface area contributed by atoms with Gasteiger partial charge in [0.25, 0.3) is 0 Å². The molecule has 0 bridgehead atoms. The third-order valence-electron chi connectivity index (χ3n) is 0.118. The van der Waals surface area contributed by atoms with E-state index in [-0.39, 0.29) is 0 Å². The molecule has 0 rings (SSSR count). The average Bonchev–Trinajstić information content (AvgIpc) is 1.75. The SMILES string of the molecule is [CH-]=CN=[N+]=[N-].[Zn+][Br]. The fraction of sp³-hybridized carbons (Fsp3) is 0. The minimum atomic E-state index is 0.889. The summed E-state index contributed by atoms with van der Waals surface area (Å²) in [6.45, 7) is 4.59. The Labute approximate surface area is 58.5 Å². The molecule has 0 aliphatic carbocycles. The van der Waals surface area contributed by atoms with Crippen molar-refractivity contribution in [2.24, 2.45) is 5.11 Å². The number of rotatable bonds is 1. The van der Waals surface area contributed by atoms with Crippen LogP contribution in [0.4, 0.5) is 0 Å². The van der Waals surface area contributed by atoms with Gasteiger partial charge in [-0.1, -0.05) is 0 Å². The molecule has 34 valence electrons. The van der Waals surface area contributed by atoms with Crippen LogP contribution in [0.1, 0.15) is 0 Å². The first-order valence-electron chi connectivity index (χ1n) is 1.26. The molecular weight excluding hydrogens is 211 g/mol. The van der Waals surface area contributed by atoms with E-state index in [1.54, 1.807) is 0 Å². The fourth-order valence-corrected chi connectivity index (χ4v) is 0.0298. The number of hydrogen-bond donors (Lipinski definition) is 0. The number of azide groups is 1. The van der Waals surface area contributed by atoms with Crippen molar-refractivity contribution in [2.75, 3.05) is 0 Å². The van der Waals surface area contributed by atoms with Crippen LogP contribution in [0.25, 0.3) is 10.4 Å². The Morgan fingerprint density at radius 3 is 2.29 bits per heavy atom. The van der Waals surface area contributed by atoms with E-state index in [1.807, 2.05) is 0 Å². The second-order valence-electron chi connectivity index (χ2n) is 0.354. The Morgan fingerprint density at radius 2 is 2.29 bits per heavy atom. The van der Waals surface area contributed by atoms with Crippen LogP contribution in [0.2, 0.25) is 0 Å². The van der Waals surface area contributed by atoms with Gasteiger partial charge in [-0.05, 0) is 5.53 Å². The molecule has 0 radical (unpaired) electrons. The van der Waals surface area contributed by atoms with Crippen LogP contribution in [-0.4, -0.2) is 0 Å². The van der Waals surface area contributed by atoms with E-state index in [1.165, 1.54) is 16.3 Å². The first-order valence-corrected chi connectivity index (χ1v) is 8.21. The Morgan fingerprint density at radius 1 is 1.86 bits per heavy atom. The van der Waals surface area contributed by atoms with Crippen LogP contribution in [-0.2, 0) is 16.3 Å². The Hall–Kier alpha value is 0.153. The molecule has 0 aromatic rings. The first kappa shape index (κ1) is 10.2. The van der Waals surface area contributed by atoms with Gasteiger partial charge in [0.1, 0.15) is 0 Å². The van der Waals surface area contributed by atoms with Gasteiger partial charge >= 0.3 is 30.0 Å². The summed E-state index contributed by atoms with van der Waals surface area (Å²) >= 11 is 4.25. The molecule has 0 saturated heterocycles. The summed E-state index contributed by atoms with van der Waals surface area (Å²) in [6, 6.07) is 0. The zero-order chi connectivity index (χ0) is 6.12. The van der Waals surface area contributed by atoms with E-state index in [9.17, 15) is 0 Å². The van der Waals surface area contributed by atoms with Crippen molar-refractivity contribution in [2.45, 2.75) is 0 Å². The van der Waals surface area contributed by atoms with Crippen molar-refractivity contribution >= 4 is 13.6 Å². The van der Waals surface area contributed by atoms with E-state index >= 15 is 0 Å². The van der Waals surface area contributed by atoms with Crippen LogP contribution in [0, 0.1) is 6.58 Å². The summed E-state index contributed by atoms with van der Waals surface area (Å²) in [5, 5.41) is 2.81. The predicted molar refractivity (Wildman–Crippen MR) is 26.9 cm³/mol. The van der Waals surface area contributed by atoms with Crippen molar-refractivity contribution in [3.8, 4) is 0 Å². The zero-order valence-corrected chi connectivity index (χ0v) is 8.13. The summed E-state index contributed by atoms with van der Waals surface area (Å²) < 4.78 is 0. The van der Waals surface area contributed by atoms with Gasteiger partial charge in [-0.2, -0.15) is 6.20 Å². The van der Waals surface area contributed by atoms with Gasteiger partial charge in [-0.15, -0.1) is 5.11 Å². The molecule has 0 aromatic heterocycles. The number of hydrogen-bond acceptors (Lipinski definition) is 1. The molecule has 0 aliphatic rings. The van der Waals surface area contributed by atoms with E-state index in [4.69, 9.17) is 5.53 Å². The molecule has 3 nitrogen and oxygen atoms in total. The molecular formula is C2H2BrN3Zn. The van der Waals surface area contributed by atoms with Gasteiger partial charge in [0.15, 0.2) is 0 Å². The van der Waals surface area contributed by atoms with Gasteiger partial charge in [0.05, 0.1) is 0 Å². The molecule has 0 aliphatic heterocycles. The van der Waals surface area contributed by atoms with Crippen LogP contribution >= 0.6 is 13.6 Å². The normalized spacial score (nSPS) is 4.43. The van der Waals surface area contributed by atoms with E-state index < -0.39 is 0 Å². The van der Waals surface area contributed by atoms with Gasteiger partial charge in [0, 0.05) is 4.91 Å². The molecule has 0 heterocycles. The summed E-state index contributed by atoms with van der Waals surface area (Å²) in [4.78, 5) is 2.30. The zero-order valence-electron chi connectivity index (χ0n) is 3.58. The van der Waals surface area contributed by atoms with E-state index in [2.05, 4.69) is 30.2 Å². The quantitative estimate of drug-likeness (QED) is 0.210. The molecule has 0 amide bonds. The maximum atomic E-state index is 7.41. The van der Waals surface area contributed by atoms with Gasteiger partial charge in [-0.25, -0.2) is 0 Å². The number of nitrogens with zero attached hydrogens (tertiary/aromatic N) is 3.